The maximum absolute atomic E-state index is 11.9. The third-order valence-electron chi connectivity index (χ3n) is 3.50. The lowest BCUT2D eigenvalue weighted by Gasteiger charge is -2.25. The molecule has 2 aromatic heterocycles. The van der Waals surface area contributed by atoms with E-state index in [0.29, 0.717) is 19.4 Å². The maximum Gasteiger partial charge on any atom is 0.220 e. The fraction of sp³-hybridized carbons (Fsp3) is 0.600. The zero-order chi connectivity index (χ0) is 15.6. The first-order valence-corrected chi connectivity index (χ1v) is 8.02. The Balaban J connectivity index is 1.84. The van der Waals surface area contributed by atoms with E-state index in [1.165, 1.54) is 0 Å². The Hall–Kier alpha value is -1.40. The fourth-order valence-electron chi connectivity index (χ4n) is 1.97. The van der Waals surface area contributed by atoms with E-state index in [2.05, 4.69) is 10.3 Å². The van der Waals surface area contributed by atoms with E-state index in [4.69, 9.17) is 0 Å². The number of hydrogen-bond acceptors (Lipinski definition) is 4. The Morgan fingerprint density at radius 2 is 2.24 bits per heavy atom. The third kappa shape index (κ3) is 4.04. The number of aromatic nitrogens is 2. The zero-order valence-electron chi connectivity index (χ0n) is 13.0. The number of aliphatic hydroxyl groups excluding tert-OH is 1. The van der Waals surface area contributed by atoms with Crippen molar-refractivity contribution in [3.05, 3.63) is 23.0 Å². The molecule has 2 aromatic rings. The number of rotatable bonds is 5. The van der Waals surface area contributed by atoms with Crippen LogP contribution in [0.4, 0.5) is 0 Å². The second-order valence-electron chi connectivity index (χ2n) is 6.45. The highest BCUT2D eigenvalue weighted by atomic mass is 32.1. The van der Waals surface area contributed by atoms with Crippen molar-refractivity contribution in [3.63, 3.8) is 0 Å². The average Bonchev–Trinajstić information content (AvgIpc) is 2.91. The van der Waals surface area contributed by atoms with Crippen LogP contribution in [0.2, 0.25) is 0 Å². The Morgan fingerprint density at radius 3 is 2.90 bits per heavy atom. The van der Waals surface area contributed by atoms with Crippen LogP contribution in [0.5, 0.6) is 0 Å². The Morgan fingerprint density at radius 1 is 1.52 bits per heavy atom. The maximum atomic E-state index is 11.9. The van der Waals surface area contributed by atoms with Crippen molar-refractivity contribution >= 4 is 22.2 Å². The molecule has 0 fully saturated rings. The topological polar surface area (TPSA) is 66.6 Å². The number of amides is 1. The van der Waals surface area contributed by atoms with E-state index in [1.54, 1.807) is 11.3 Å². The van der Waals surface area contributed by atoms with Crippen LogP contribution in [0.15, 0.2) is 11.6 Å². The molecule has 0 bridgehead atoms. The summed E-state index contributed by atoms with van der Waals surface area (Å²) in [6, 6.07) is 0. The van der Waals surface area contributed by atoms with E-state index in [1.807, 2.05) is 43.7 Å². The molecule has 0 radical (unpaired) electrons. The summed E-state index contributed by atoms with van der Waals surface area (Å²) in [7, 11) is 0. The van der Waals surface area contributed by atoms with Crippen LogP contribution < -0.4 is 5.32 Å². The van der Waals surface area contributed by atoms with Crippen LogP contribution in [-0.2, 0) is 11.2 Å². The van der Waals surface area contributed by atoms with Gasteiger partial charge in [0.15, 0.2) is 4.96 Å². The second kappa shape index (κ2) is 6.15. The number of imidazole rings is 1. The molecule has 0 aromatic carbocycles. The molecule has 0 spiro atoms. The lowest BCUT2D eigenvalue weighted by atomic mass is 9.89. The highest BCUT2D eigenvalue weighted by Gasteiger charge is 2.22. The molecule has 6 heteroatoms. The summed E-state index contributed by atoms with van der Waals surface area (Å²) in [5.41, 5.74) is 1.86. The van der Waals surface area contributed by atoms with Crippen molar-refractivity contribution < 1.29 is 9.90 Å². The molecule has 1 unspecified atom stereocenters. The molecule has 0 aliphatic carbocycles. The smallest absolute Gasteiger partial charge is 0.220 e. The summed E-state index contributed by atoms with van der Waals surface area (Å²) in [5.74, 6) is -0.0329. The zero-order valence-corrected chi connectivity index (χ0v) is 13.8. The molecule has 0 aliphatic heterocycles. The normalized spacial score (nSPS) is 13.6. The molecule has 116 valence electrons. The van der Waals surface area contributed by atoms with Crippen molar-refractivity contribution in [2.45, 2.75) is 46.6 Å². The quantitative estimate of drug-likeness (QED) is 0.889. The Labute approximate surface area is 129 Å². The first-order valence-electron chi connectivity index (χ1n) is 7.14. The molecule has 0 saturated carbocycles. The van der Waals surface area contributed by atoms with E-state index in [-0.39, 0.29) is 11.3 Å². The van der Waals surface area contributed by atoms with Crippen LogP contribution in [-0.4, -0.2) is 33.0 Å². The highest BCUT2D eigenvalue weighted by Crippen LogP contribution is 2.19. The van der Waals surface area contributed by atoms with Gasteiger partial charge in [0.25, 0.3) is 0 Å². The minimum absolute atomic E-state index is 0.0329. The lowest BCUT2D eigenvalue weighted by Crippen LogP contribution is -2.39. The van der Waals surface area contributed by atoms with Crippen molar-refractivity contribution in [2.24, 2.45) is 5.41 Å². The molecular formula is C15H23N3O2S. The average molecular weight is 309 g/mol. The van der Waals surface area contributed by atoms with Crippen LogP contribution in [0.1, 0.15) is 38.6 Å². The van der Waals surface area contributed by atoms with Gasteiger partial charge in [-0.1, -0.05) is 20.8 Å². The van der Waals surface area contributed by atoms with Gasteiger partial charge >= 0.3 is 0 Å². The van der Waals surface area contributed by atoms with Crippen molar-refractivity contribution in [3.8, 4) is 0 Å². The number of aliphatic hydroxyl groups is 1. The SMILES string of the molecule is Cc1cn2c(CCC(=O)NCC(O)C(C)(C)C)csc2n1. The van der Waals surface area contributed by atoms with E-state index in [9.17, 15) is 9.90 Å². The number of fused-ring (bicyclic) bond motifs is 1. The molecule has 21 heavy (non-hydrogen) atoms. The first-order chi connectivity index (χ1) is 9.77. The molecule has 2 heterocycles. The predicted molar refractivity (Wildman–Crippen MR) is 84.6 cm³/mol. The Kier molecular flexibility index (Phi) is 4.68. The van der Waals surface area contributed by atoms with Crippen LogP contribution in [0.3, 0.4) is 0 Å². The minimum Gasteiger partial charge on any atom is -0.391 e. The van der Waals surface area contributed by atoms with Gasteiger partial charge in [-0.2, -0.15) is 0 Å². The number of nitrogens with one attached hydrogen (secondary N) is 1. The van der Waals surface area contributed by atoms with Gasteiger partial charge in [0, 0.05) is 30.2 Å². The number of carbonyl (C=O) groups is 1. The molecule has 5 nitrogen and oxygen atoms in total. The summed E-state index contributed by atoms with van der Waals surface area (Å²) in [5, 5.41) is 14.7. The standard InChI is InChI=1S/C15H23N3O2S/c1-10-8-18-11(9-21-14(18)17-10)5-6-13(20)16-7-12(19)15(2,3)4/h8-9,12,19H,5-7H2,1-4H3,(H,16,20). The van der Waals surface area contributed by atoms with E-state index in [0.717, 1.165) is 16.3 Å². The van der Waals surface area contributed by atoms with E-state index < -0.39 is 6.10 Å². The number of aryl methyl sites for hydroxylation is 2. The predicted octanol–water partition coefficient (Wildman–Crippen LogP) is 2.16. The first kappa shape index (κ1) is 16.0. The molecular weight excluding hydrogens is 286 g/mol. The van der Waals surface area contributed by atoms with Gasteiger partial charge in [-0.3, -0.25) is 9.20 Å². The summed E-state index contributed by atoms with van der Waals surface area (Å²) in [4.78, 5) is 17.2. The van der Waals surface area contributed by atoms with Crippen LogP contribution >= 0.6 is 11.3 Å². The Bertz CT molecular complexity index is 624. The number of carbonyl (C=O) groups excluding carboxylic acids is 1. The summed E-state index contributed by atoms with van der Waals surface area (Å²) in [6.07, 6.45) is 2.54. The number of thiazole rings is 1. The second-order valence-corrected chi connectivity index (χ2v) is 7.28. The van der Waals surface area contributed by atoms with Crippen LogP contribution in [0, 0.1) is 12.3 Å². The highest BCUT2D eigenvalue weighted by molar-refractivity contribution is 7.15. The number of hydrogen-bond donors (Lipinski definition) is 2. The monoisotopic (exact) mass is 309 g/mol. The van der Waals surface area contributed by atoms with Crippen molar-refractivity contribution in [2.75, 3.05) is 6.54 Å². The molecule has 1 amide bonds. The fourth-order valence-corrected chi connectivity index (χ4v) is 2.92. The third-order valence-corrected chi connectivity index (χ3v) is 4.39. The molecule has 0 aliphatic rings. The minimum atomic E-state index is -0.536. The van der Waals surface area contributed by atoms with Gasteiger partial charge in [-0.05, 0) is 18.8 Å². The summed E-state index contributed by atoms with van der Waals surface area (Å²) < 4.78 is 2.04. The van der Waals surface area contributed by atoms with Gasteiger partial charge in [0.1, 0.15) is 0 Å². The molecule has 2 rings (SSSR count). The number of nitrogens with zero attached hydrogens (tertiary/aromatic N) is 2. The van der Waals surface area contributed by atoms with E-state index >= 15 is 0 Å². The molecule has 2 N–H and O–H groups in total. The largest absolute Gasteiger partial charge is 0.391 e. The van der Waals surface area contributed by atoms with Crippen LogP contribution in [0.25, 0.3) is 4.96 Å². The van der Waals surface area contributed by atoms with Crippen molar-refractivity contribution in [1.82, 2.24) is 14.7 Å². The van der Waals surface area contributed by atoms with Gasteiger partial charge in [0.05, 0.1) is 11.8 Å². The molecule has 0 saturated heterocycles. The van der Waals surface area contributed by atoms with Gasteiger partial charge in [-0.15, -0.1) is 11.3 Å². The summed E-state index contributed by atoms with van der Waals surface area (Å²) in [6.45, 7) is 8.11. The lowest BCUT2D eigenvalue weighted by molar-refractivity contribution is -0.121. The van der Waals surface area contributed by atoms with Crippen molar-refractivity contribution in [1.29, 1.82) is 0 Å². The summed E-state index contributed by atoms with van der Waals surface area (Å²) >= 11 is 1.59. The van der Waals surface area contributed by atoms with Gasteiger partial charge in [0.2, 0.25) is 5.91 Å². The van der Waals surface area contributed by atoms with Gasteiger partial charge in [-0.25, -0.2) is 4.98 Å². The molecule has 1 atom stereocenters. The van der Waals surface area contributed by atoms with Gasteiger partial charge < -0.3 is 10.4 Å².